The lowest BCUT2D eigenvalue weighted by Gasteiger charge is -2.42. The van der Waals surface area contributed by atoms with Gasteiger partial charge in [0.25, 0.3) is 5.91 Å². The van der Waals surface area contributed by atoms with Gasteiger partial charge in [0.15, 0.2) is 5.83 Å². The minimum Gasteiger partial charge on any atom is -0.459 e. The largest absolute Gasteiger partial charge is 0.459 e. The van der Waals surface area contributed by atoms with E-state index in [0.717, 1.165) is 40.9 Å². The Bertz CT molecular complexity index is 1670. The summed E-state index contributed by atoms with van der Waals surface area (Å²) in [7, 11) is 3.99. The molecule has 0 unspecified atom stereocenters. The van der Waals surface area contributed by atoms with Crippen LogP contribution in [0.2, 0.25) is 5.02 Å². The fraction of sp³-hybridized carbons (Fsp3) is 0.394. The summed E-state index contributed by atoms with van der Waals surface area (Å²) in [6, 6.07) is 10.6. The Morgan fingerprint density at radius 1 is 1.18 bits per heavy atom. The standard InChI is InChI=1S/C33H36ClF2N7O2/c1-21(11-14-40(3)4)20-45-33-38-27-19-41(28-7-5-6-23-8-9-26(36)30(34)29(23)28)15-12-25(27)31(39-33)42-16-17-43(32(44)22(2)35)24(18-42)10-13-37/h5-9,24H,1-2,10-12,14-20H2,3-4H3/t24-/m0/s1. The first kappa shape index (κ1) is 32.1. The van der Waals surface area contributed by atoms with Gasteiger partial charge in [0.2, 0.25) is 0 Å². The second kappa shape index (κ2) is 13.8. The number of hydrogen-bond acceptors (Lipinski definition) is 8. The third kappa shape index (κ3) is 7.02. The molecule has 1 aromatic heterocycles. The Balaban J connectivity index is 1.49. The number of halogens is 3. The molecule has 0 N–H and O–H groups in total. The van der Waals surface area contributed by atoms with Crippen molar-refractivity contribution in [2.24, 2.45) is 0 Å². The number of hydrogen-bond donors (Lipinski definition) is 0. The molecule has 2 aliphatic heterocycles. The van der Waals surface area contributed by atoms with Crippen LogP contribution < -0.4 is 14.5 Å². The molecule has 1 atom stereocenters. The lowest BCUT2D eigenvalue weighted by atomic mass is 10.0. The minimum absolute atomic E-state index is 0.0318. The number of nitriles is 1. The van der Waals surface area contributed by atoms with Crippen molar-refractivity contribution in [1.29, 1.82) is 5.26 Å². The molecule has 0 spiro atoms. The Hall–Kier alpha value is -4.27. The van der Waals surface area contributed by atoms with E-state index in [1.54, 1.807) is 6.07 Å². The van der Waals surface area contributed by atoms with Crippen LogP contribution in [0.3, 0.4) is 0 Å². The molecule has 0 saturated carbocycles. The van der Waals surface area contributed by atoms with Crippen molar-refractivity contribution >= 4 is 39.8 Å². The molecular formula is C33H36ClF2N7O2. The van der Waals surface area contributed by atoms with E-state index in [2.05, 4.69) is 29.0 Å². The number of aromatic nitrogens is 2. The van der Waals surface area contributed by atoms with E-state index >= 15 is 0 Å². The van der Waals surface area contributed by atoms with Crippen LogP contribution >= 0.6 is 11.6 Å². The number of nitrogens with zero attached hydrogens (tertiary/aromatic N) is 7. The van der Waals surface area contributed by atoms with Gasteiger partial charge in [0.05, 0.1) is 35.8 Å². The fourth-order valence-electron chi connectivity index (χ4n) is 5.85. The molecule has 1 saturated heterocycles. The molecule has 1 amide bonds. The van der Waals surface area contributed by atoms with Crippen LogP contribution in [0, 0.1) is 17.1 Å². The Morgan fingerprint density at radius 3 is 2.71 bits per heavy atom. The topological polar surface area (TPSA) is 88.8 Å². The van der Waals surface area contributed by atoms with Crippen molar-refractivity contribution < 1.29 is 18.3 Å². The lowest BCUT2D eigenvalue weighted by molar-refractivity contribution is -0.131. The van der Waals surface area contributed by atoms with E-state index in [1.807, 2.05) is 37.2 Å². The molecule has 0 radical (unpaired) electrons. The van der Waals surface area contributed by atoms with Crippen molar-refractivity contribution in [3.8, 4) is 12.1 Å². The second-order valence-corrected chi connectivity index (χ2v) is 12.0. The Kier molecular flexibility index (Phi) is 9.85. The molecule has 0 bridgehead atoms. The van der Waals surface area contributed by atoms with Gasteiger partial charge in [0.1, 0.15) is 18.2 Å². The second-order valence-electron chi connectivity index (χ2n) is 11.6. The SMILES string of the molecule is C=C(CCN(C)C)COc1nc2c(c(N3CCN(C(=O)C(=C)F)[C@@H](CC#N)C3)n1)CCN(c1cccc3ccc(F)c(Cl)c13)C2. The van der Waals surface area contributed by atoms with Gasteiger partial charge < -0.3 is 24.3 Å². The number of carbonyl (C=O) groups excluding carboxylic acids is 1. The zero-order chi connectivity index (χ0) is 32.2. The molecule has 236 valence electrons. The van der Waals surface area contributed by atoms with Crippen molar-refractivity contribution in [2.45, 2.75) is 31.8 Å². The van der Waals surface area contributed by atoms with Crippen molar-refractivity contribution in [1.82, 2.24) is 19.8 Å². The molecule has 12 heteroatoms. The normalized spacial score (nSPS) is 16.5. The number of carbonyl (C=O) groups is 1. The molecule has 5 rings (SSSR count). The predicted octanol–water partition coefficient (Wildman–Crippen LogP) is 5.29. The van der Waals surface area contributed by atoms with Crippen molar-refractivity contribution in [2.75, 3.05) is 63.2 Å². The zero-order valence-electron chi connectivity index (χ0n) is 25.5. The van der Waals surface area contributed by atoms with Gasteiger partial charge in [-0.25, -0.2) is 8.78 Å². The highest BCUT2D eigenvalue weighted by Crippen LogP contribution is 2.38. The summed E-state index contributed by atoms with van der Waals surface area (Å²) >= 11 is 6.47. The highest BCUT2D eigenvalue weighted by molar-refractivity contribution is 6.36. The fourth-order valence-corrected chi connectivity index (χ4v) is 6.12. The molecule has 2 aromatic carbocycles. The van der Waals surface area contributed by atoms with Gasteiger partial charge in [-0.05, 0) is 50.0 Å². The van der Waals surface area contributed by atoms with Crippen molar-refractivity contribution in [3.63, 3.8) is 0 Å². The number of ether oxygens (including phenoxy) is 1. The van der Waals surface area contributed by atoms with Gasteiger partial charge in [-0.2, -0.15) is 15.2 Å². The van der Waals surface area contributed by atoms with Gasteiger partial charge in [-0.15, -0.1) is 0 Å². The maximum absolute atomic E-state index is 14.5. The molecule has 0 aliphatic carbocycles. The van der Waals surface area contributed by atoms with Crippen LogP contribution in [0.5, 0.6) is 6.01 Å². The van der Waals surface area contributed by atoms with Crippen LogP contribution in [-0.2, 0) is 17.8 Å². The summed E-state index contributed by atoms with van der Waals surface area (Å²) in [4.78, 5) is 29.7. The van der Waals surface area contributed by atoms with Gasteiger partial charge in [0, 0.05) is 49.4 Å². The maximum Gasteiger partial charge on any atom is 0.318 e. The lowest BCUT2D eigenvalue weighted by Crippen LogP contribution is -2.55. The van der Waals surface area contributed by atoms with E-state index in [1.165, 1.54) is 11.0 Å². The Labute approximate surface area is 266 Å². The van der Waals surface area contributed by atoms with E-state index in [-0.39, 0.29) is 37.2 Å². The summed E-state index contributed by atoms with van der Waals surface area (Å²) in [6.07, 6.45) is 1.36. The number of benzene rings is 2. The highest BCUT2D eigenvalue weighted by Gasteiger charge is 2.35. The molecule has 9 nitrogen and oxygen atoms in total. The third-order valence-electron chi connectivity index (χ3n) is 8.20. The molecule has 45 heavy (non-hydrogen) atoms. The predicted molar refractivity (Wildman–Crippen MR) is 172 cm³/mol. The number of fused-ring (bicyclic) bond motifs is 2. The van der Waals surface area contributed by atoms with E-state index in [4.69, 9.17) is 26.3 Å². The summed E-state index contributed by atoms with van der Waals surface area (Å²) in [5, 5.41) is 11.0. The van der Waals surface area contributed by atoms with Crippen LogP contribution in [-0.4, -0.2) is 85.1 Å². The van der Waals surface area contributed by atoms with Crippen LogP contribution in [0.15, 0.2) is 54.9 Å². The quantitative estimate of drug-likeness (QED) is 0.220. The van der Waals surface area contributed by atoms with E-state index in [0.29, 0.717) is 37.3 Å². The molecule has 1 fully saturated rings. The third-order valence-corrected chi connectivity index (χ3v) is 8.57. The van der Waals surface area contributed by atoms with Crippen LogP contribution in [0.25, 0.3) is 10.8 Å². The van der Waals surface area contributed by atoms with E-state index in [9.17, 15) is 18.8 Å². The number of amides is 1. The number of piperazine rings is 1. The molecule has 3 heterocycles. The monoisotopic (exact) mass is 635 g/mol. The maximum atomic E-state index is 14.5. The van der Waals surface area contributed by atoms with Crippen molar-refractivity contribution in [3.05, 3.63) is 77.0 Å². The minimum atomic E-state index is -1.05. The number of anilines is 2. The first-order valence-corrected chi connectivity index (χ1v) is 15.2. The average molecular weight is 636 g/mol. The first-order chi connectivity index (χ1) is 21.6. The molecular weight excluding hydrogens is 600 g/mol. The summed E-state index contributed by atoms with van der Waals surface area (Å²) in [5.41, 5.74) is 3.37. The van der Waals surface area contributed by atoms with Gasteiger partial charge in [-0.1, -0.05) is 43.0 Å². The summed E-state index contributed by atoms with van der Waals surface area (Å²) in [5.74, 6) is -1.68. The summed E-state index contributed by atoms with van der Waals surface area (Å²) < 4.78 is 34.4. The Morgan fingerprint density at radius 2 is 1.98 bits per heavy atom. The van der Waals surface area contributed by atoms with Crippen LogP contribution in [0.1, 0.15) is 24.1 Å². The average Bonchev–Trinajstić information content (AvgIpc) is 3.03. The van der Waals surface area contributed by atoms with Crippen LogP contribution in [0.4, 0.5) is 20.3 Å². The first-order valence-electron chi connectivity index (χ1n) is 14.8. The zero-order valence-corrected chi connectivity index (χ0v) is 26.3. The molecule has 2 aliphatic rings. The summed E-state index contributed by atoms with van der Waals surface area (Å²) in [6.45, 7) is 10.2. The van der Waals surface area contributed by atoms with Gasteiger partial charge >= 0.3 is 6.01 Å². The molecule has 3 aromatic rings. The number of rotatable bonds is 10. The highest BCUT2D eigenvalue weighted by atomic mass is 35.5. The van der Waals surface area contributed by atoms with Gasteiger partial charge in [-0.3, -0.25) is 4.79 Å². The smallest absolute Gasteiger partial charge is 0.318 e. The van der Waals surface area contributed by atoms with E-state index < -0.39 is 23.6 Å².